The first-order valence-corrected chi connectivity index (χ1v) is 7.71. The summed E-state index contributed by atoms with van der Waals surface area (Å²) in [4.78, 5) is 0. The molecule has 0 bridgehead atoms. The molecule has 0 heterocycles. The summed E-state index contributed by atoms with van der Waals surface area (Å²) < 4.78 is 21.2. The fraction of sp³-hybridized carbons (Fsp3) is 1.00. The van der Waals surface area contributed by atoms with Gasteiger partial charge in [-0.1, -0.05) is 0 Å². The van der Waals surface area contributed by atoms with Crippen LogP contribution in [0.25, 0.3) is 0 Å². The molecule has 0 rings (SSSR count). The fourth-order valence-corrected chi connectivity index (χ4v) is 2.32. The van der Waals surface area contributed by atoms with Gasteiger partial charge in [-0.3, -0.25) is 0 Å². The van der Waals surface area contributed by atoms with Crippen molar-refractivity contribution in [1.29, 1.82) is 0 Å². The van der Waals surface area contributed by atoms with Crippen LogP contribution in [0, 0.1) is 0 Å². The Balaban J connectivity index is 3.18. The molecule has 5 nitrogen and oxygen atoms in total. The van der Waals surface area contributed by atoms with Gasteiger partial charge in [0.1, 0.15) is 0 Å². The van der Waals surface area contributed by atoms with E-state index in [-0.39, 0.29) is 12.4 Å². The van der Waals surface area contributed by atoms with Gasteiger partial charge in [0.15, 0.2) is 16.1 Å². The van der Waals surface area contributed by atoms with Crippen LogP contribution < -0.4 is 5.32 Å². The van der Waals surface area contributed by atoms with E-state index in [0.29, 0.717) is 6.61 Å². The maximum Gasteiger partial charge on any atom is 0.178 e. The van der Waals surface area contributed by atoms with Crippen molar-refractivity contribution in [2.24, 2.45) is 0 Å². The van der Waals surface area contributed by atoms with E-state index in [1.54, 1.807) is 14.2 Å². The third kappa shape index (κ3) is 10.9. The number of hydrogen-bond donors (Lipinski definition) is 1. The Morgan fingerprint density at radius 2 is 1.94 bits per heavy atom. The number of methoxy groups -OCH3 is 2. The van der Waals surface area contributed by atoms with E-state index >= 15 is 0 Å². The smallest absolute Gasteiger partial charge is 0.178 e. The average molecular weight is 265 g/mol. The van der Waals surface area contributed by atoms with Crippen LogP contribution in [0.3, 0.4) is 0 Å². The van der Waals surface area contributed by atoms with E-state index in [9.17, 15) is 0 Å². The van der Waals surface area contributed by atoms with Crippen molar-refractivity contribution in [3.63, 3.8) is 0 Å². The van der Waals surface area contributed by atoms with Crippen molar-refractivity contribution < 1.29 is 18.6 Å². The lowest BCUT2D eigenvalue weighted by Crippen LogP contribution is -2.24. The summed E-state index contributed by atoms with van der Waals surface area (Å²) in [7, 11) is 4.71. The third-order valence-corrected chi connectivity index (χ3v) is 3.67. The van der Waals surface area contributed by atoms with Crippen molar-refractivity contribution in [3.8, 4) is 0 Å². The molecule has 0 saturated carbocycles. The summed E-state index contributed by atoms with van der Waals surface area (Å²) in [5.41, 5.74) is 0. The summed E-state index contributed by atoms with van der Waals surface area (Å²) in [5.74, 6) is 0. The van der Waals surface area contributed by atoms with Crippen molar-refractivity contribution in [1.82, 2.24) is 5.32 Å². The van der Waals surface area contributed by atoms with Crippen LogP contribution in [-0.2, 0) is 18.6 Å². The number of hydrogen-bond acceptors (Lipinski definition) is 5. The Morgan fingerprint density at radius 1 is 1.24 bits per heavy atom. The molecule has 104 valence electrons. The summed E-state index contributed by atoms with van der Waals surface area (Å²) in [6.07, 6.45) is 1.13. The highest BCUT2D eigenvalue weighted by Gasteiger charge is 2.04. The number of rotatable bonds is 12. The molecule has 0 aliphatic rings. The first-order valence-electron chi connectivity index (χ1n) is 6.14. The largest absolute Gasteiger partial charge is 0.419 e. The topological polar surface area (TPSA) is 49.0 Å². The zero-order valence-electron chi connectivity index (χ0n) is 11.5. The molecule has 0 spiro atoms. The van der Waals surface area contributed by atoms with E-state index in [0.717, 1.165) is 25.6 Å². The SMILES string of the molecule is CNCC(C)OCCC[SiH2]OCC(OC)OC. The average Bonchev–Trinajstić information content (AvgIpc) is 2.33. The van der Waals surface area contributed by atoms with Gasteiger partial charge >= 0.3 is 0 Å². The lowest BCUT2D eigenvalue weighted by molar-refractivity contribution is -0.122. The van der Waals surface area contributed by atoms with Gasteiger partial charge in [-0.05, 0) is 26.4 Å². The highest BCUT2D eigenvalue weighted by molar-refractivity contribution is 6.26. The van der Waals surface area contributed by atoms with Gasteiger partial charge in [-0.2, -0.15) is 0 Å². The van der Waals surface area contributed by atoms with Crippen LogP contribution in [0.5, 0.6) is 0 Å². The molecule has 0 aliphatic carbocycles. The minimum atomic E-state index is -0.462. The molecule has 17 heavy (non-hydrogen) atoms. The molecule has 0 amide bonds. The van der Waals surface area contributed by atoms with Gasteiger partial charge in [0, 0.05) is 27.4 Å². The molecule has 0 radical (unpaired) electrons. The first kappa shape index (κ1) is 17.0. The molecule has 1 atom stereocenters. The van der Waals surface area contributed by atoms with Gasteiger partial charge in [-0.15, -0.1) is 0 Å². The maximum absolute atomic E-state index is 5.61. The first-order chi connectivity index (χ1) is 8.24. The van der Waals surface area contributed by atoms with Crippen molar-refractivity contribution >= 4 is 9.76 Å². The second-order valence-corrected chi connectivity index (χ2v) is 5.45. The predicted molar refractivity (Wildman–Crippen MR) is 71.1 cm³/mol. The van der Waals surface area contributed by atoms with Crippen LogP contribution in [-0.4, -0.2) is 63.2 Å². The minimum Gasteiger partial charge on any atom is -0.419 e. The summed E-state index contributed by atoms with van der Waals surface area (Å²) in [6, 6.07) is 1.13. The number of ether oxygens (including phenoxy) is 3. The molecule has 6 heteroatoms. The summed E-state index contributed by atoms with van der Waals surface area (Å²) >= 11 is 0. The Hall–Kier alpha value is 0.0169. The Labute approximate surface area is 107 Å². The second-order valence-electron chi connectivity index (χ2n) is 3.92. The highest BCUT2D eigenvalue weighted by Crippen LogP contribution is 1.97. The summed E-state index contributed by atoms with van der Waals surface area (Å²) in [5, 5.41) is 3.09. The van der Waals surface area contributed by atoms with Crippen LogP contribution in [0.1, 0.15) is 13.3 Å². The normalized spacial score (nSPS) is 13.9. The molecular weight excluding hydrogens is 238 g/mol. The lowest BCUT2D eigenvalue weighted by atomic mass is 10.4. The second kappa shape index (κ2) is 12.5. The molecule has 0 aliphatic heterocycles. The zero-order valence-corrected chi connectivity index (χ0v) is 12.9. The quantitative estimate of drug-likeness (QED) is 0.309. The highest BCUT2D eigenvalue weighted by atomic mass is 28.2. The van der Waals surface area contributed by atoms with Crippen molar-refractivity contribution in [2.75, 3.05) is 41.0 Å². The molecule has 1 unspecified atom stereocenters. The van der Waals surface area contributed by atoms with Crippen LogP contribution in [0.2, 0.25) is 6.04 Å². The standard InChI is InChI=1S/C11H27NO4Si/c1-10(8-12-2)15-6-5-7-17-16-9-11(13-3)14-4/h10-12H,5-9,17H2,1-4H3. The van der Waals surface area contributed by atoms with Crippen LogP contribution >= 0.6 is 0 Å². The van der Waals surface area contributed by atoms with Gasteiger partial charge < -0.3 is 24.0 Å². The Bertz CT molecular complexity index is 158. The predicted octanol–water partition coefficient (Wildman–Crippen LogP) is 0.139. The molecule has 1 N–H and O–H groups in total. The number of nitrogens with one attached hydrogen (secondary N) is 1. The summed E-state index contributed by atoms with van der Waals surface area (Å²) in [6.45, 7) is 4.33. The Morgan fingerprint density at radius 3 is 2.53 bits per heavy atom. The van der Waals surface area contributed by atoms with Crippen molar-refractivity contribution in [2.45, 2.75) is 31.8 Å². The molecule has 0 saturated heterocycles. The van der Waals surface area contributed by atoms with Crippen LogP contribution in [0.15, 0.2) is 0 Å². The molecule has 0 aromatic rings. The van der Waals surface area contributed by atoms with Gasteiger partial charge in [0.05, 0.1) is 12.7 Å². The van der Waals surface area contributed by atoms with Crippen LogP contribution in [0.4, 0.5) is 0 Å². The molecule has 0 aromatic carbocycles. The van der Waals surface area contributed by atoms with E-state index < -0.39 is 9.76 Å². The van der Waals surface area contributed by atoms with E-state index in [2.05, 4.69) is 12.2 Å². The fourth-order valence-electron chi connectivity index (χ4n) is 1.35. The molecular formula is C11H27NO4Si. The third-order valence-electron chi connectivity index (χ3n) is 2.36. The zero-order chi connectivity index (χ0) is 12.9. The van der Waals surface area contributed by atoms with E-state index in [1.807, 2.05) is 7.05 Å². The Kier molecular flexibility index (Phi) is 12.5. The van der Waals surface area contributed by atoms with E-state index in [1.165, 1.54) is 0 Å². The lowest BCUT2D eigenvalue weighted by Gasteiger charge is -2.14. The maximum atomic E-state index is 5.61. The van der Waals surface area contributed by atoms with E-state index in [4.69, 9.17) is 18.6 Å². The molecule has 0 fully saturated rings. The van der Waals surface area contributed by atoms with Gasteiger partial charge in [-0.25, -0.2) is 0 Å². The monoisotopic (exact) mass is 265 g/mol. The molecule has 0 aromatic heterocycles. The van der Waals surface area contributed by atoms with Gasteiger partial charge in [0.2, 0.25) is 0 Å². The van der Waals surface area contributed by atoms with Gasteiger partial charge in [0.25, 0.3) is 0 Å². The minimum absolute atomic E-state index is 0.227. The van der Waals surface area contributed by atoms with Crippen molar-refractivity contribution in [3.05, 3.63) is 0 Å². The number of likely N-dealkylation sites (N-methyl/N-ethyl adjacent to an activating group) is 1.